The topological polar surface area (TPSA) is 64.3 Å². The van der Waals surface area contributed by atoms with Gasteiger partial charge in [0, 0.05) is 24.6 Å². The fourth-order valence-electron chi connectivity index (χ4n) is 3.74. The maximum absolute atomic E-state index is 13.7. The Balaban J connectivity index is 1.30. The van der Waals surface area contributed by atoms with Gasteiger partial charge in [0.15, 0.2) is 0 Å². The van der Waals surface area contributed by atoms with E-state index in [0.717, 1.165) is 34.4 Å². The van der Waals surface area contributed by atoms with Gasteiger partial charge in [0.25, 0.3) is 0 Å². The van der Waals surface area contributed by atoms with Crippen LogP contribution in [0.25, 0.3) is 11.1 Å². The van der Waals surface area contributed by atoms with Crippen molar-refractivity contribution >= 4 is 11.8 Å². The van der Waals surface area contributed by atoms with Crippen LogP contribution in [0.1, 0.15) is 29.0 Å². The molecule has 0 saturated heterocycles. The zero-order valence-electron chi connectivity index (χ0n) is 16.6. The highest BCUT2D eigenvalue weighted by Gasteiger charge is 2.28. The molecule has 0 radical (unpaired) electrons. The molecule has 156 valence electrons. The largest absolute Gasteiger partial charge is 0.449 e. The Labute approximate surface area is 179 Å². The van der Waals surface area contributed by atoms with Crippen LogP contribution in [0.3, 0.4) is 0 Å². The number of fused-ring (bicyclic) bond motifs is 3. The van der Waals surface area contributed by atoms with Gasteiger partial charge in [-0.15, -0.1) is 0 Å². The molecular weight excluding hydrogens is 398 g/mol. The number of hydrogen-bond acceptors (Lipinski definition) is 3. The second-order valence-electron chi connectivity index (χ2n) is 7.16. The van der Waals surface area contributed by atoms with Gasteiger partial charge in [0.2, 0.25) is 0 Å². The predicted molar refractivity (Wildman–Crippen MR) is 115 cm³/mol. The van der Waals surface area contributed by atoms with E-state index in [4.69, 9.17) is 10.5 Å². The van der Waals surface area contributed by atoms with Crippen molar-refractivity contribution in [3.8, 4) is 23.0 Å². The summed E-state index contributed by atoms with van der Waals surface area (Å²) in [6, 6.07) is 18.2. The molecule has 0 fully saturated rings. The van der Waals surface area contributed by atoms with Gasteiger partial charge < -0.3 is 15.8 Å². The first kappa shape index (κ1) is 20.4. The number of alkyl carbamates (subject to hydrolysis) is 1. The number of nitrogens with one attached hydrogen (secondary N) is 1. The summed E-state index contributed by atoms with van der Waals surface area (Å²) in [5.41, 5.74) is 9.62. The molecule has 31 heavy (non-hydrogen) atoms. The molecule has 1 aliphatic rings. The number of ether oxygens (including phenoxy) is 1. The van der Waals surface area contributed by atoms with Crippen molar-refractivity contribution in [1.29, 1.82) is 0 Å². The Morgan fingerprint density at radius 2 is 1.58 bits per heavy atom. The summed E-state index contributed by atoms with van der Waals surface area (Å²) in [6.07, 6.45) is -0.346. The number of nitrogen functional groups attached to an aromatic ring is 1. The van der Waals surface area contributed by atoms with Crippen molar-refractivity contribution in [3.63, 3.8) is 0 Å². The Morgan fingerprint density at radius 1 is 1.00 bits per heavy atom. The van der Waals surface area contributed by atoms with Gasteiger partial charge in [-0.1, -0.05) is 60.4 Å². The van der Waals surface area contributed by atoms with E-state index in [1.165, 1.54) is 0 Å². The molecule has 0 spiro atoms. The lowest BCUT2D eigenvalue weighted by atomic mass is 9.98. The molecule has 3 N–H and O–H groups in total. The van der Waals surface area contributed by atoms with E-state index in [9.17, 15) is 13.6 Å². The molecule has 4 rings (SSSR count). The molecule has 6 heteroatoms. The molecule has 0 heterocycles. The van der Waals surface area contributed by atoms with Gasteiger partial charge >= 0.3 is 6.09 Å². The number of rotatable bonds is 4. The Kier molecular flexibility index (Phi) is 5.85. The summed E-state index contributed by atoms with van der Waals surface area (Å²) >= 11 is 0. The van der Waals surface area contributed by atoms with Crippen LogP contribution in [0.4, 0.5) is 19.3 Å². The van der Waals surface area contributed by atoms with E-state index in [-0.39, 0.29) is 36.7 Å². The molecule has 1 aliphatic carbocycles. The third-order valence-electron chi connectivity index (χ3n) is 5.14. The second kappa shape index (κ2) is 8.88. The molecule has 0 bridgehead atoms. The minimum Gasteiger partial charge on any atom is -0.449 e. The summed E-state index contributed by atoms with van der Waals surface area (Å²) in [5.74, 6) is 3.43. The van der Waals surface area contributed by atoms with Gasteiger partial charge in [0.05, 0.1) is 5.56 Å². The minimum atomic E-state index is -0.811. The third kappa shape index (κ3) is 4.36. The molecule has 3 aromatic carbocycles. The van der Waals surface area contributed by atoms with Crippen molar-refractivity contribution in [2.45, 2.75) is 12.3 Å². The van der Waals surface area contributed by atoms with Crippen LogP contribution in [0.2, 0.25) is 0 Å². The second-order valence-corrected chi connectivity index (χ2v) is 7.16. The van der Waals surface area contributed by atoms with Crippen LogP contribution in [0, 0.1) is 23.5 Å². The molecule has 3 aromatic rings. The summed E-state index contributed by atoms with van der Waals surface area (Å²) in [5, 5.41) is 2.61. The van der Waals surface area contributed by atoms with Crippen LogP contribution in [0.5, 0.6) is 0 Å². The third-order valence-corrected chi connectivity index (χ3v) is 5.14. The van der Waals surface area contributed by atoms with Crippen molar-refractivity contribution in [2.75, 3.05) is 18.9 Å². The number of carbonyl (C=O) groups is 1. The van der Waals surface area contributed by atoms with E-state index in [1.54, 1.807) is 0 Å². The quantitative estimate of drug-likeness (QED) is 0.363. The molecule has 0 saturated carbocycles. The predicted octanol–water partition coefficient (Wildman–Crippen LogP) is 4.83. The van der Waals surface area contributed by atoms with Gasteiger partial charge in [-0.3, -0.25) is 0 Å². The molecule has 0 unspecified atom stereocenters. The molecular formula is C25H20F2N2O2. The summed E-state index contributed by atoms with van der Waals surface area (Å²) in [7, 11) is 0. The van der Waals surface area contributed by atoms with Gasteiger partial charge in [0.1, 0.15) is 18.2 Å². The lowest BCUT2D eigenvalue weighted by Crippen LogP contribution is -2.26. The number of nitrogens with two attached hydrogens (primary N) is 1. The Bertz CT molecular complexity index is 1130. The molecule has 0 atom stereocenters. The smallest absolute Gasteiger partial charge is 0.407 e. The minimum absolute atomic E-state index is 0.00234. The van der Waals surface area contributed by atoms with Crippen LogP contribution >= 0.6 is 0 Å². The maximum Gasteiger partial charge on any atom is 0.407 e. The van der Waals surface area contributed by atoms with E-state index < -0.39 is 17.7 Å². The van der Waals surface area contributed by atoms with Gasteiger partial charge in [-0.25, -0.2) is 13.6 Å². The average molecular weight is 418 g/mol. The SMILES string of the molecule is Nc1cc(F)c(C#CCCNC(=O)OCC2c3ccccc3-c3ccccc32)c(F)c1. The van der Waals surface area contributed by atoms with E-state index >= 15 is 0 Å². The number of hydrogen-bond donors (Lipinski definition) is 2. The number of halogens is 2. The maximum atomic E-state index is 13.7. The highest BCUT2D eigenvalue weighted by Crippen LogP contribution is 2.44. The number of anilines is 1. The molecule has 1 amide bonds. The average Bonchev–Trinajstić information content (AvgIpc) is 3.07. The van der Waals surface area contributed by atoms with E-state index in [1.807, 2.05) is 36.4 Å². The Hall–Kier alpha value is -3.85. The fourth-order valence-corrected chi connectivity index (χ4v) is 3.74. The first-order valence-corrected chi connectivity index (χ1v) is 9.87. The zero-order valence-corrected chi connectivity index (χ0v) is 16.6. The number of benzene rings is 3. The zero-order chi connectivity index (χ0) is 21.8. The van der Waals surface area contributed by atoms with E-state index in [2.05, 4.69) is 29.3 Å². The number of amides is 1. The van der Waals surface area contributed by atoms with Gasteiger partial charge in [-0.05, 0) is 34.4 Å². The normalized spacial score (nSPS) is 11.8. The van der Waals surface area contributed by atoms with Crippen molar-refractivity contribution in [3.05, 3.63) is 89.0 Å². The van der Waals surface area contributed by atoms with E-state index in [0.29, 0.717) is 0 Å². The lowest BCUT2D eigenvalue weighted by molar-refractivity contribution is 0.143. The van der Waals surface area contributed by atoms with Crippen LogP contribution in [-0.4, -0.2) is 19.2 Å². The molecule has 0 aliphatic heterocycles. The summed E-state index contributed by atoms with van der Waals surface area (Å²) in [6.45, 7) is 0.412. The standard InChI is InChI=1S/C25H20F2N2O2/c26-23-13-16(28)14-24(27)21(23)11-5-6-12-29-25(30)31-15-22-19-9-3-1-7-17(19)18-8-2-4-10-20(18)22/h1-4,7-10,13-14,22H,6,12,15,28H2,(H,29,30). The monoisotopic (exact) mass is 418 g/mol. The van der Waals surface area contributed by atoms with Crippen LogP contribution in [-0.2, 0) is 4.74 Å². The highest BCUT2D eigenvalue weighted by atomic mass is 19.1. The van der Waals surface area contributed by atoms with Crippen LogP contribution in [0.15, 0.2) is 60.7 Å². The van der Waals surface area contributed by atoms with Crippen molar-refractivity contribution in [2.24, 2.45) is 0 Å². The first-order valence-electron chi connectivity index (χ1n) is 9.87. The van der Waals surface area contributed by atoms with Crippen LogP contribution < -0.4 is 11.1 Å². The Morgan fingerprint density at radius 3 is 2.19 bits per heavy atom. The number of carbonyl (C=O) groups excluding carboxylic acids is 1. The van der Waals surface area contributed by atoms with Crippen molar-refractivity contribution < 1.29 is 18.3 Å². The summed E-state index contributed by atoms with van der Waals surface area (Å²) < 4.78 is 32.8. The first-order chi connectivity index (χ1) is 15.0. The fraction of sp³-hybridized carbons (Fsp3) is 0.160. The molecule has 4 nitrogen and oxygen atoms in total. The molecule has 0 aromatic heterocycles. The van der Waals surface area contributed by atoms with Gasteiger partial charge in [-0.2, -0.15) is 0 Å². The highest BCUT2D eigenvalue weighted by molar-refractivity contribution is 5.79. The van der Waals surface area contributed by atoms with Crippen molar-refractivity contribution in [1.82, 2.24) is 5.32 Å². The lowest BCUT2D eigenvalue weighted by Gasteiger charge is -2.14. The summed E-state index contributed by atoms with van der Waals surface area (Å²) in [4.78, 5) is 12.1.